The maximum Gasteiger partial charge on any atom is 0.275 e. The van der Waals surface area contributed by atoms with E-state index < -0.39 is 23.7 Å². The first-order chi connectivity index (χ1) is 16.5. The summed E-state index contributed by atoms with van der Waals surface area (Å²) in [5.74, 6) is -1.26. The number of hydrogen-bond acceptors (Lipinski definition) is 4. The smallest absolute Gasteiger partial charge is 0.275 e. The topological polar surface area (TPSA) is 75.2 Å². The summed E-state index contributed by atoms with van der Waals surface area (Å²) >= 11 is 0. The number of halogens is 1. The van der Waals surface area contributed by atoms with Crippen molar-refractivity contribution in [2.75, 3.05) is 5.32 Å². The Kier molecular flexibility index (Phi) is 7.03. The summed E-state index contributed by atoms with van der Waals surface area (Å²) in [6.45, 7) is 2.06. The number of anilines is 1. The zero-order chi connectivity index (χ0) is 23.9. The maximum absolute atomic E-state index is 13.7. The van der Waals surface area contributed by atoms with Crippen LogP contribution in [0.25, 0.3) is 0 Å². The van der Waals surface area contributed by atoms with Gasteiger partial charge in [0.1, 0.15) is 17.6 Å². The first-order valence-electron chi connectivity index (χ1n) is 10.8. The van der Waals surface area contributed by atoms with Gasteiger partial charge in [-0.15, -0.1) is 0 Å². The van der Waals surface area contributed by atoms with E-state index in [4.69, 9.17) is 0 Å². The Hall–Kier alpha value is -4.39. The molecule has 1 aromatic heterocycles. The van der Waals surface area contributed by atoms with E-state index in [-0.39, 0.29) is 12.2 Å². The predicted octanol–water partition coefficient (Wildman–Crippen LogP) is 4.95. The monoisotopic (exact) mass is 454 g/mol. The summed E-state index contributed by atoms with van der Waals surface area (Å²) in [4.78, 5) is 37.0. The Morgan fingerprint density at radius 2 is 1.65 bits per heavy atom. The highest BCUT2D eigenvalue weighted by Crippen LogP contribution is 2.29. The van der Waals surface area contributed by atoms with E-state index in [2.05, 4.69) is 15.3 Å². The molecule has 3 aromatic carbocycles. The first kappa shape index (κ1) is 22.8. The third kappa shape index (κ3) is 5.32. The van der Waals surface area contributed by atoms with E-state index in [1.165, 1.54) is 47.8 Å². The van der Waals surface area contributed by atoms with E-state index in [0.717, 1.165) is 11.1 Å². The van der Waals surface area contributed by atoms with Crippen LogP contribution in [0.1, 0.15) is 33.2 Å². The van der Waals surface area contributed by atoms with Crippen LogP contribution in [-0.4, -0.2) is 26.7 Å². The summed E-state index contributed by atoms with van der Waals surface area (Å²) in [5.41, 5.74) is 2.94. The molecule has 1 N–H and O–H groups in total. The molecule has 0 aliphatic carbocycles. The number of rotatable bonds is 7. The van der Waals surface area contributed by atoms with Crippen LogP contribution in [0.15, 0.2) is 97.5 Å². The van der Waals surface area contributed by atoms with Gasteiger partial charge in [0.25, 0.3) is 11.8 Å². The molecular weight excluding hydrogens is 431 g/mol. The molecule has 0 unspecified atom stereocenters. The lowest BCUT2D eigenvalue weighted by molar-refractivity contribution is -0.121. The van der Waals surface area contributed by atoms with Crippen molar-refractivity contribution in [3.63, 3.8) is 0 Å². The van der Waals surface area contributed by atoms with Gasteiger partial charge >= 0.3 is 0 Å². The van der Waals surface area contributed by atoms with Crippen LogP contribution in [0.4, 0.5) is 10.1 Å². The highest BCUT2D eigenvalue weighted by Gasteiger charge is 2.34. The second-order valence-electron chi connectivity index (χ2n) is 7.76. The van der Waals surface area contributed by atoms with E-state index >= 15 is 0 Å². The van der Waals surface area contributed by atoms with Crippen molar-refractivity contribution < 1.29 is 14.0 Å². The maximum atomic E-state index is 13.7. The second-order valence-corrected chi connectivity index (χ2v) is 7.76. The molecule has 0 aliphatic rings. The normalized spacial score (nSPS) is 11.5. The Labute approximate surface area is 197 Å². The van der Waals surface area contributed by atoms with Crippen molar-refractivity contribution in [3.8, 4) is 0 Å². The molecule has 0 saturated carbocycles. The van der Waals surface area contributed by atoms with Crippen LogP contribution in [0.2, 0.25) is 0 Å². The molecule has 4 rings (SSSR count). The molecule has 0 radical (unpaired) electrons. The molecule has 1 atom stereocenters. The van der Waals surface area contributed by atoms with Crippen LogP contribution in [0.5, 0.6) is 0 Å². The fourth-order valence-corrected chi connectivity index (χ4v) is 3.71. The summed E-state index contributed by atoms with van der Waals surface area (Å²) in [7, 11) is 0. The van der Waals surface area contributed by atoms with Gasteiger partial charge in [-0.05, 0) is 47.9 Å². The van der Waals surface area contributed by atoms with Crippen molar-refractivity contribution >= 4 is 17.5 Å². The standard InChI is InChI=1S/C27H23FN4O2/c1-19-7-5-6-10-23(19)25(26(33)31-22-13-11-21(28)12-14-22)32(18-20-8-3-2-4-9-20)27(34)24-17-29-15-16-30-24/h2-17,25H,18H2,1H3,(H,31,33)/t25-/m0/s1. The Balaban J connectivity index is 1.79. The number of aromatic nitrogens is 2. The van der Waals surface area contributed by atoms with Crippen molar-refractivity contribution in [2.45, 2.75) is 19.5 Å². The zero-order valence-corrected chi connectivity index (χ0v) is 18.6. The fourth-order valence-electron chi connectivity index (χ4n) is 3.71. The molecule has 7 heteroatoms. The van der Waals surface area contributed by atoms with Gasteiger partial charge in [-0.25, -0.2) is 9.37 Å². The van der Waals surface area contributed by atoms with Crippen LogP contribution in [0, 0.1) is 12.7 Å². The average molecular weight is 455 g/mol. The van der Waals surface area contributed by atoms with Crippen molar-refractivity contribution in [3.05, 3.63) is 126 Å². The average Bonchev–Trinajstić information content (AvgIpc) is 2.87. The third-order valence-corrected chi connectivity index (χ3v) is 5.39. The lowest BCUT2D eigenvalue weighted by Crippen LogP contribution is -2.41. The molecule has 0 spiro atoms. The summed E-state index contributed by atoms with van der Waals surface area (Å²) in [6.07, 6.45) is 4.31. The molecule has 0 fully saturated rings. The number of nitrogens with one attached hydrogen (secondary N) is 1. The predicted molar refractivity (Wildman–Crippen MR) is 127 cm³/mol. The molecule has 1 heterocycles. The molecule has 34 heavy (non-hydrogen) atoms. The van der Waals surface area contributed by atoms with Crippen LogP contribution >= 0.6 is 0 Å². The summed E-state index contributed by atoms with van der Waals surface area (Å²) in [5, 5.41) is 2.83. The molecule has 0 bridgehead atoms. The zero-order valence-electron chi connectivity index (χ0n) is 18.6. The third-order valence-electron chi connectivity index (χ3n) is 5.39. The van der Waals surface area contributed by atoms with Crippen molar-refractivity contribution in [1.82, 2.24) is 14.9 Å². The number of carbonyl (C=O) groups excluding carboxylic acids is 2. The van der Waals surface area contributed by atoms with Gasteiger partial charge < -0.3 is 10.2 Å². The lowest BCUT2D eigenvalue weighted by atomic mass is 9.97. The van der Waals surface area contributed by atoms with Crippen LogP contribution < -0.4 is 5.32 Å². The Bertz CT molecular complexity index is 1260. The molecule has 6 nitrogen and oxygen atoms in total. The van der Waals surface area contributed by atoms with E-state index in [9.17, 15) is 14.0 Å². The van der Waals surface area contributed by atoms with Gasteiger partial charge in [0.05, 0.1) is 6.20 Å². The lowest BCUT2D eigenvalue weighted by Gasteiger charge is -2.32. The second kappa shape index (κ2) is 10.5. The fraction of sp³-hybridized carbons (Fsp3) is 0.111. The van der Waals surface area contributed by atoms with Gasteiger partial charge in [0.15, 0.2) is 0 Å². The summed E-state index contributed by atoms with van der Waals surface area (Å²) < 4.78 is 13.4. The number of amides is 2. The number of carbonyl (C=O) groups is 2. The molecule has 170 valence electrons. The number of hydrogen-bond donors (Lipinski definition) is 1. The molecule has 2 amide bonds. The van der Waals surface area contributed by atoms with Crippen LogP contribution in [-0.2, 0) is 11.3 Å². The Morgan fingerprint density at radius 3 is 2.32 bits per heavy atom. The Morgan fingerprint density at radius 1 is 0.941 bits per heavy atom. The van der Waals surface area contributed by atoms with E-state index in [0.29, 0.717) is 11.3 Å². The molecular formula is C27H23FN4O2. The quantitative estimate of drug-likeness (QED) is 0.429. The van der Waals surface area contributed by atoms with Crippen molar-refractivity contribution in [2.24, 2.45) is 0 Å². The van der Waals surface area contributed by atoms with Crippen molar-refractivity contribution in [1.29, 1.82) is 0 Å². The number of benzene rings is 3. The number of aryl methyl sites for hydroxylation is 1. The van der Waals surface area contributed by atoms with Gasteiger partial charge in [0.2, 0.25) is 0 Å². The van der Waals surface area contributed by atoms with Gasteiger partial charge in [-0.2, -0.15) is 0 Å². The highest BCUT2D eigenvalue weighted by molar-refractivity contribution is 6.01. The molecule has 0 aliphatic heterocycles. The van der Waals surface area contributed by atoms with E-state index in [1.807, 2.05) is 61.5 Å². The van der Waals surface area contributed by atoms with Gasteiger partial charge in [-0.3, -0.25) is 14.6 Å². The minimum Gasteiger partial charge on any atom is -0.324 e. The van der Waals surface area contributed by atoms with E-state index in [1.54, 1.807) is 0 Å². The SMILES string of the molecule is Cc1ccccc1[C@@H](C(=O)Nc1ccc(F)cc1)N(Cc1ccccc1)C(=O)c1cnccn1. The minimum atomic E-state index is -0.971. The number of nitrogens with zero attached hydrogens (tertiary/aromatic N) is 3. The molecule has 4 aromatic rings. The van der Waals surface area contributed by atoms with Gasteiger partial charge in [0, 0.05) is 24.6 Å². The molecule has 0 saturated heterocycles. The first-order valence-corrected chi connectivity index (χ1v) is 10.8. The van der Waals surface area contributed by atoms with Crippen LogP contribution in [0.3, 0.4) is 0 Å². The highest BCUT2D eigenvalue weighted by atomic mass is 19.1. The minimum absolute atomic E-state index is 0.131. The summed E-state index contributed by atoms with van der Waals surface area (Å²) in [6, 6.07) is 21.4. The van der Waals surface area contributed by atoms with Gasteiger partial charge in [-0.1, -0.05) is 54.6 Å². The largest absolute Gasteiger partial charge is 0.324 e.